The first-order chi connectivity index (χ1) is 16.6. The summed E-state index contributed by atoms with van der Waals surface area (Å²) in [6, 6.07) is 26.8. The van der Waals surface area contributed by atoms with Gasteiger partial charge < -0.3 is 16.0 Å². The van der Waals surface area contributed by atoms with Gasteiger partial charge in [-0.2, -0.15) is 15.0 Å². The van der Waals surface area contributed by atoms with Gasteiger partial charge in [-0.25, -0.2) is 0 Å². The zero-order chi connectivity index (χ0) is 23.8. The van der Waals surface area contributed by atoms with Gasteiger partial charge in [-0.15, -0.1) is 0 Å². The van der Waals surface area contributed by atoms with Crippen LogP contribution in [0.1, 0.15) is 13.3 Å². The Morgan fingerprint density at radius 2 is 1.32 bits per heavy atom. The minimum absolute atomic E-state index is 0.106. The molecule has 3 aromatic carbocycles. The Hall–Kier alpha value is -3.43. The summed E-state index contributed by atoms with van der Waals surface area (Å²) in [6.45, 7) is 1.96. The Kier molecular flexibility index (Phi) is 8.11. The lowest BCUT2D eigenvalue weighted by atomic mass is 10.3. The zero-order valence-corrected chi connectivity index (χ0v) is 20.8. The van der Waals surface area contributed by atoms with Crippen molar-refractivity contribution in [2.24, 2.45) is 0 Å². The summed E-state index contributed by atoms with van der Waals surface area (Å²) in [6.07, 6.45) is 0.613. The number of carbonyl (C=O) groups is 1. The molecule has 1 heterocycles. The van der Waals surface area contributed by atoms with E-state index in [1.807, 2.05) is 91.9 Å². The highest BCUT2D eigenvalue weighted by Gasteiger charge is 2.21. The first kappa shape index (κ1) is 23.7. The van der Waals surface area contributed by atoms with Crippen molar-refractivity contribution in [3.05, 3.63) is 89.4 Å². The number of carbonyl (C=O) groups excluding carboxylic acids is 1. The number of rotatable bonds is 9. The largest absolute Gasteiger partial charge is 0.325 e. The van der Waals surface area contributed by atoms with Gasteiger partial charge in [0.25, 0.3) is 0 Å². The molecule has 9 heteroatoms. The highest BCUT2D eigenvalue weighted by Crippen LogP contribution is 2.27. The quantitative estimate of drug-likeness (QED) is 0.207. The molecule has 7 nitrogen and oxygen atoms in total. The number of benzene rings is 3. The van der Waals surface area contributed by atoms with E-state index in [9.17, 15) is 4.79 Å². The third-order valence-corrected chi connectivity index (χ3v) is 6.45. The van der Waals surface area contributed by atoms with Crippen molar-refractivity contribution in [2.45, 2.75) is 23.8 Å². The van der Waals surface area contributed by atoms with E-state index in [1.165, 1.54) is 11.8 Å². The summed E-state index contributed by atoms with van der Waals surface area (Å²) in [7, 11) is 0. The monoisotopic (exact) mass is 534 g/mol. The molecule has 0 aliphatic heterocycles. The standard InChI is InChI=1S/C25H23BrN6OS/c1-2-21(22(33)27-20-15-13-17(26)14-16-20)34-25-31-23(28-18-9-5-3-6-10-18)30-24(32-25)29-19-11-7-4-8-12-19/h3-16,21H,2H2,1H3,(H,27,33)(H2,28,29,30,31,32). The number of nitrogens with one attached hydrogen (secondary N) is 3. The lowest BCUT2D eigenvalue weighted by Gasteiger charge is -2.15. The molecule has 0 spiro atoms. The molecular weight excluding hydrogens is 512 g/mol. The van der Waals surface area contributed by atoms with Gasteiger partial charge in [-0.05, 0) is 55.0 Å². The summed E-state index contributed by atoms with van der Waals surface area (Å²) in [5, 5.41) is 9.47. The van der Waals surface area contributed by atoms with Crippen molar-refractivity contribution < 1.29 is 4.79 Å². The molecule has 0 fully saturated rings. The van der Waals surface area contributed by atoms with Gasteiger partial charge in [0.05, 0.1) is 5.25 Å². The maximum Gasteiger partial charge on any atom is 0.237 e. The fourth-order valence-electron chi connectivity index (χ4n) is 3.03. The first-order valence-corrected chi connectivity index (χ1v) is 12.4. The second-order valence-corrected chi connectivity index (χ2v) is 9.34. The second kappa shape index (κ2) is 11.6. The van der Waals surface area contributed by atoms with Crippen LogP contribution in [0.25, 0.3) is 0 Å². The number of hydrogen-bond acceptors (Lipinski definition) is 7. The van der Waals surface area contributed by atoms with Crippen LogP contribution in [0.2, 0.25) is 0 Å². The van der Waals surface area contributed by atoms with Crippen LogP contribution in [-0.4, -0.2) is 26.1 Å². The van der Waals surface area contributed by atoms with Crippen molar-refractivity contribution in [3.8, 4) is 0 Å². The van der Waals surface area contributed by atoms with Crippen LogP contribution in [-0.2, 0) is 4.79 Å². The average Bonchev–Trinajstić information content (AvgIpc) is 2.85. The Bertz CT molecular complexity index is 1170. The van der Waals surface area contributed by atoms with Gasteiger partial charge in [0.15, 0.2) is 5.16 Å². The molecule has 0 radical (unpaired) electrons. The van der Waals surface area contributed by atoms with Gasteiger partial charge in [-0.1, -0.05) is 71.0 Å². The smallest absolute Gasteiger partial charge is 0.237 e. The summed E-state index contributed by atoms with van der Waals surface area (Å²) in [4.78, 5) is 26.6. The molecule has 0 bridgehead atoms. The fourth-order valence-corrected chi connectivity index (χ4v) is 4.16. The van der Waals surface area contributed by atoms with Gasteiger partial charge in [0.2, 0.25) is 17.8 Å². The van der Waals surface area contributed by atoms with Crippen molar-refractivity contribution in [1.29, 1.82) is 0 Å². The van der Waals surface area contributed by atoms with E-state index in [-0.39, 0.29) is 11.2 Å². The molecule has 0 saturated carbocycles. The summed E-state index contributed by atoms with van der Waals surface area (Å²) in [5.74, 6) is 0.681. The Morgan fingerprint density at radius 1 is 0.794 bits per heavy atom. The number of amides is 1. The Morgan fingerprint density at radius 3 is 1.82 bits per heavy atom. The number of hydrogen-bond donors (Lipinski definition) is 3. The van der Waals surface area contributed by atoms with E-state index in [4.69, 9.17) is 0 Å². The van der Waals surface area contributed by atoms with Crippen molar-refractivity contribution >= 4 is 62.6 Å². The fraction of sp³-hybridized carbons (Fsp3) is 0.120. The van der Waals surface area contributed by atoms with Gasteiger partial charge >= 0.3 is 0 Å². The van der Waals surface area contributed by atoms with Crippen LogP contribution in [0.3, 0.4) is 0 Å². The molecule has 0 aliphatic carbocycles. The highest BCUT2D eigenvalue weighted by molar-refractivity contribution is 9.10. The van der Waals surface area contributed by atoms with E-state index in [0.29, 0.717) is 23.5 Å². The molecule has 172 valence electrons. The first-order valence-electron chi connectivity index (χ1n) is 10.7. The van der Waals surface area contributed by atoms with Crippen LogP contribution in [0, 0.1) is 0 Å². The summed E-state index contributed by atoms with van der Waals surface area (Å²) >= 11 is 4.71. The Labute approximate surface area is 211 Å². The number of aromatic nitrogens is 3. The third kappa shape index (κ3) is 6.79. The van der Waals surface area contributed by atoms with Crippen molar-refractivity contribution in [1.82, 2.24) is 15.0 Å². The van der Waals surface area contributed by atoms with E-state index in [0.717, 1.165) is 21.5 Å². The lowest BCUT2D eigenvalue weighted by molar-refractivity contribution is -0.115. The van der Waals surface area contributed by atoms with Gasteiger partial charge in [0.1, 0.15) is 0 Å². The predicted octanol–water partition coefficient (Wildman–Crippen LogP) is 6.63. The van der Waals surface area contributed by atoms with E-state index in [2.05, 4.69) is 46.8 Å². The molecule has 4 aromatic rings. The topological polar surface area (TPSA) is 91.8 Å². The zero-order valence-electron chi connectivity index (χ0n) is 18.4. The molecule has 0 aliphatic rings. The SMILES string of the molecule is CCC(Sc1nc(Nc2ccccc2)nc(Nc2ccccc2)n1)C(=O)Nc1ccc(Br)cc1. The number of thioether (sulfide) groups is 1. The van der Waals surface area contributed by atoms with E-state index >= 15 is 0 Å². The molecule has 1 amide bonds. The minimum atomic E-state index is -0.375. The number of nitrogens with zero attached hydrogens (tertiary/aromatic N) is 3. The molecule has 1 unspecified atom stereocenters. The van der Waals surface area contributed by atoms with Crippen LogP contribution in [0.4, 0.5) is 29.0 Å². The Balaban J connectivity index is 1.56. The molecular formula is C25H23BrN6OS. The third-order valence-electron chi connectivity index (χ3n) is 4.70. The maximum atomic E-state index is 12.9. The van der Waals surface area contributed by atoms with Crippen LogP contribution >= 0.6 is 27.7 Å². The van der Waals surface area contributed by atoms with Crippen molar-refractivity contribution in [2.75, 3.05) is 16.0 Å². The van der Waals surface area contributed by atoms with Gasteiger partial charge in [0, 0.05) is 21.5 Å². The molecule has 4 rings (SSSR count). The minimum Gasteiger partial charge on any atom is -0.325 e. The molecule has 1 aromatic heterocycles. The molecule has 34 heavy (non-hydrogen) atoms. The average molecular weight is 535 g/mol. The van der Waals surface area contributed by atoms with E-state index in [1.54, 1.807) is 0 Å². The van der Waals surface area contributed by atoms with Crippen LogP contribution in [0.5, 0.6) is 0 Å². The molecule has 3 N–H and O–H groups in total. The van der Waals surface area contributed by atoms with E-state index < -0.39 is 0 Å². The normalized spacial score (nSPS) is 11.5. The van der Waals surface area contributed by atoms with Crippen LogP contribution in [0.15, 0.2) is 94.6 Å². The maximum absolute atomic E-state index is 12.9. The summed E-state index contributed by atoms with van der Waals surface area (Å²) in [5.41, 5.74) is 2.45. The number of para-hydroxylation sites is 2. The van der Waals surface area contributed by atoms with Crippen LogP contribution < -0.4 is 16.0 Å². The predicted molar refractivity (Wildman–Crippen MR) is 142 cm³/mol. The second-order valence-electron chi connectivity index (χ2n) is 7.26. The summed E-state index contributed by atoms with van der Waals surface area (Å²) < 4.78 is 0.953. The van der Waals surface area contributed by atoms with Crippen molar-refractivity contribution in [3.63, 3.8) is 0 Å². The highest BCUT2D eigenvalue weighted by atomic mass is 79.9. The van der Waals surface area contributed by atoms with Gasteiger partial charge in [-0.3, -0.25) is 4.79 Å². The molecule has 1 atom stereocenters. The molecule has 0 saturated heterocycles. The lowest BCUT2D eigenvalue weighted by Crippen LogP contribution is -2.25. The number of halogens is 1. The number of anilines is 5.